The van der Waals surface area contributed by atoms with Crippen LogP contribution in [0.2, 0.25) is 0 Å². The first-order valence-electron chi connectivity index (χ1n) is 3.01. The van der Waals surface area contributed by atoms with Crippen LogP contribution < -0.4 is 51.4 Å². The Morgan fingerprint density at radius 2 is 2.18 bits per heavy atom. The third-order valence-electron chi connectivity index (χ3n) is 1.44. The molecule has 11 heavy (non-hydrogen) atoms. The van der Waals surface area contributed by atoms with E-state index >= 15 is 0 Å². The largest absolute Gasteiger partial charge is 1.00 e. The van der Waals surface area contributed by atoms with E-state index in [-0.39, 0.29) is 51.4 Å². The minimum Gasteiger partial charge on any atom is -0.699 e. The zero-order chi connectivity index (χ0) is 6.97. The standard InChI is InChI=1S/C7H6N3.K/c8-6-2-1-5-4-9-10-7(5)3-6;/h1-4,8H,(H,9,10);/q-1;+1. The zero-order valence-corrected chi connectivity index (χ0v) is 9.38. The third kappa shape index (κ3) is 1.83. The van der Waals surface area contributed by atoms with Crippen molar-refractivity contribution < 1.29 is 51.4 Å². The summed E-state index contributed by atoms with van der Waals surface area (Å²) in [6.45, 7) is 0. The second kappa shape index (κ2) is 3.69. The van der Waals surface area contributed by atoms with E-state index in [1.54, 1.807) is 18.3 Å². The van der Waals surface area contributed by atoms with Crippen LogP contribution in [0, 0.1) is 0 Å². The fourth-order valence-corrected chi connectivity index (χ4v) is 0.937. The Hall–Kier alpha value is 0.126. The van der Waals surface area contributed by atoms with Crippen molar-refractivity contribution >= 4 is 16.6 Å². The van der Waals surface area contributed by atoms with Crippen molar-refractivity contribution in [1.29, 1.82) is 0 Å². The quantitative estimate of drug-likeness (QED) is 0.521. The molecule has 0 spiro atoms. The average Bonchev–Trinajstić information content (AvgIpc) is 2.33. The van der Waals surface area contributed by atoms with Gasteiger partial charge in [-0.1, -0.05) is 18.2 Å². The van der Waals surface area contributed by atoms with E-state index in [4.69, 9.17) is 5.73 Å². The van der Waals surface area contributed by atoms with Crippen LogP contribution in [0.5, 0.6) is 0 Å². The molecule has 0 aliphatic rings. The fourth-order valence-electron chi connectivity index (χ4n) is 0.937. The molecule has 2 N–H and O–H groups in total. The first kappa shape index (κ1) is 9.22. The van der Waals surface area contributed by atoms with Gasteiger partial charge in [-0.15, -0.1) is 5.69 Å². The summed E-state index contributed by atoms with van der Waals surface area (Å²) in [4.78, 5) is 0. The van der Waals surface area contributed by atoms with Crippen molar-refractivity contribution in [3.63, 3.8) is 0 Å². The van der Waals surface area contributed by atoms with Crippen molar-refractivity contribution in [1.82, 2.24) is 10.2 Å². The zero-order valence-electron chi connectivity index (χ0n) is 6.26. The smallest absolute Gasteiger partial charge is 0.699 e. The van der Waals surface area contributed by atoms with E-state index in [9.17, 15) is 0 Å². The molecule has 0 bridgehead atoms. The molecule has 0 saturated heterocycles. The number of rotatable bonds is 0. The average molecular weight is 171 g/mol. The number of hydrogen-bond acceptors (Lipinski definition) is 1. The van der Waals surface area contributed by atoms with Gasteiger partial charge in [0.1, 0.15) is 0 Å². The Labute approximate surface area is 107 Å². The number of hydrogen-bond donors (Lipinski definition) is 1. The summed E-state index contributed by atoms with van der Waals surface area (Å²) in [7, 11) is 0. The molecule has 4 heteroatoms. The maximum atomic E-state index is 7.27. The molecule has 50 valence electrons. The number of aromatic amines is 1. The van der Waals surface area contributed by atoms with E-state index < -0.39 is 0 Å². The number of benzene rings is 1. The van der Waals surface area contributed by atoms with Gasteiger partial charge in [0.05, 0.1) is 11.7 Å². The minimum absolute atomic E-state index is 0. The van der Waals surface area contributed by atoms with Gasteiger partial charge in [-0.05, 0) is 0 Å². The predicted octanol–water partition coefficient (Wildman–Crippen LogP) is -0.749. The summed E-state index contributed by atoms with van der Waals surface area (Å²) >= 11 is 0. The summed E-state index contributed by atoms with van der Waals surface area (Å²) in [6.07, 6.45) is 1.74. The van der Waals surface area contributed by atoms with Crippen molar-refractivity contribution in [2.24, 2.45) is 0 Å². The van der Waals surface area contributed by atoms with Gasteiger partial charge < -0.3 is 5.73 Å². The van der Waals surface area contributed by atoms with Gasteiger partial charge in [-0.3, -0.25) is 5.10 Å². The van der Waals surface area contributed by atoms with Crippen LogP contribution in [-0.2, 0) is 0 Å². The Bertz CT molecular complexity index is 355. The van der Waals surface area contributed by atoms with Crippen LogP contribution in [0.15, 0.2) is 24.4 Å². The van der Waals surface area contributed by atoms with E-state index in [1.807, 2.05) is 6.07 Å². The maximum Gasteiger partial charge on any atom is 1.00 e. The number of nitrogens with one attached hydrogen (secondary N) is 2. The van der Waals surface area contributed by atoms with E-state index in [2.05, 4.69) is 10.2 Å². The second-order valence-electron chi connectivity index (χ2n) is 2.17. The van der Waals surface area contributed by atoms with Gasteiger partial charge in [-0.2, -0.15) is 5.10 Å². The summed E-state index contributed by atoms with van der Waals surface area (Å²) < 4.78 is 0. The second-order valence-corrected chi connectivity index (χ2v) is 2.17. The molecular formula is C7H6KN3. The molecule has 2 aromatic rings. The van der Waals surface area contributed by atoms with Crippen LogP contribution in [0.1, 0.15) is 0 Å². The van der Waals surface area contributed by atoms with Crippen LogP contribution in [0.4, 0.5) is 5.69 Å². The number of aromatic nitrogens is 2. The Balaban J connectivity index is 0.000000605. The normalized spacial score (nSPS) is 9.45. The Morgan fingerprint density at radius 3 is 3.00 bits per heavy atom. The van der Waals surface area contributed by atoms with Crippen LogP contribution >= 0.6 is 0 Å². The van der Waals surface area contributed by atoms with Crippen LogP contribution in [-0.4, -0.2) is 10.2 Å². The first-order chi connectivity index (χ1) is 4.86. The van der Waals surface area contributed by atoms with Crippen molar-refractivity contribution in [2.75, 3.05) is 0 Å². The van der Waals surface area contributed by atoms with Crippen LogP contribution in [0.3, 0.4) is 0 Å². The molecule has 0 aliphatic carbocycles. The van der Waals surface area contributed by atoms with Gasteiger partial charge in [0.2, 0.25) is 0 Å². The number of fused-ring (bicyclic) bond motifs is 1. The topological polar surface area (TPSA) is 52.5 Å². The summed E-state index contributed by atoms with van der Waals surface area (Å²) in [5.41, 5.74) is 8.70. The molecule has 2 rings (SSSR count). The van der Waals surface area contributed by atoms with Gasteiger partial charge in [0, 0.05) is 5.39 Å². The number of nitrogens with zero attached hydrogens (tertiary/aromatic N) is 1. The molecule has 0 atom stereocenters. The van der Waals surface area contributed by atoms with E-state index in [0.29, 0.717) is 5.69 Å². The van der Waals surface area contributed by atoms with Crippen molar-refractivity contribution in [3.8, 4) is 0 Å². The van der Waals surface area contributed by atoms with Crippen LogP contribution in [0.25, 0.3) is 16.6 Å². The summed E-state index contributed by atoms with van der Waals surface area (Å²) in [6, 6.07) is 5.38. The Morgan fingerprint density at radius 1 is 1.36 bits per heavy atom. The molecule has 0 aliphatic heterocycles. The van der Waals surface area contributed by atoms with Crippen molar-refractivity contribution in [3.05, 3.63) is 30.1 Å². The third-order valence-corrected chi connectivity index (χ3v) is 1.44. The minimum atomic E-state index is 0. The molecule has 0 unspecified atom stereocenters. The first-order valence-corrected chi connectivity index (χ1v) is 3.01. The molecule has 0 amide bonds. The SMILES string of the molecule is [K+].[NH-]c1ccc2cn[nH]c2c1. The fraction of sp³-hybridized carbons (Fsp3) is 0. The maximum absolute atomic E-state index is 7.27. The summed E-state index contributed by atoms with van der Waals surface area (Å²) in [5, 5.41) is 7.68. The number of H-pyrrole nitrogens is 1. The molecule has 1 aromatic carbocycles. The molecule has 1 heterocycles. The van der Waals surface area contributed by atoms with E-state index in [1.165, 1.54) is 0 Å². The van der Waals surface area contributed by atoms with Gasteiger partial charge in [0.15, 0.2) is 0 Å². The summed E-state index contributed by atoms with van der Waals surface area (Å²) in [5.74, 6) is 0. The van der Waals surface area contributed by atoms with Gasteiger partial charge in [-0.25, -0.2) is 0 Å². The molecule has 0 fully saturated rings. The van der Waals surface area contributed by atoms with Gasteiger partial charge in [0.25, 0.3) is 0 Å². The molecular weight excluding hydrogens is 165 g/mol. The molecule has 1 aromatic heterocycles. The molecule has 0 saturated carbocycles. The van der Waals surface area contributed by atoms with Gasteiger partial charge >= 0.3 is 51.4 Å². The monoisotopic (exact) mass is 171 g/mol. The molecule has 3 nitrogen and oxygen atoms in total. The Kier molecular flexibility index (Phi) is 3.09. The van der Waals surface area contributed by atoms with E-state index in [0.717, 1.165) is 10.9 Å². The predicted molar refractivity (Wildman–Crippen MR) is 40.1 cm³/mol. The molecule has 0 radical (unpaired) electrons. The van der Waals surface area contributed by atoms with Crippen molar-refractivity contribution in [2.45, 2.75) is 0 Å².